The van der Waals surface area contributed by atoms with E-state index < -0.39 is 6.04 Å². The molecule has 2 aromatic rings. The number of methoxy groups -OCH3 is 1. The van der Waals surface area contributed by atoms with Gasteiger partial charge in [0.25, 0.3) is 5.91 Å². The fourth-order valence-electron chi connectivity index (χ4n) is 4.18. The van der Waals surface area contributed by atoms with E-state index in [-0.39, 0.29) is 23.6 Å². The van der Waals surface area contributed by atoms with Crippen molar-refractivity contribution in [2.24, 2.45) is 5.92 Å². The van der Waals surface area contributed by atoms with Crippen LogP contribution < -0.4 is 15.4 Å². The molecule has 7 nitrogen and oxygen atoms in total. The Kier molecular flexibility index (Phi) is 9.26. The van der Waals surface area contributed by atoms with Gasteiger partial charge < -0.3 is 20.3 Å². The predicted molar refractivity (Wildman–Crippen MR) is 132 cm³/mol. The van der Waals surface area contributed by atoms with Crippen molar-refractivity contribution in [3.05, 3.63) is 78.4 Å². The number of ether oxygens (including phenoxy) is 1. The maximum Gasteiger partial charge on any atom is 0.251 e. The quantitative estimate of drug-likeness (QED) is 0.531. The summed E-state index contributed by atoms with van der Waals surface area (Å²) in [5.41, 5.74) is 1.60. The molecule has 0 saturated carbocycles. The van der Waals surface area contributed by atoms with Crippen molar-refractivity contribution in [1.82, 2.24) is 15.5 Å². The minimum atomic E-state index is -0.684. The molecule has 3 rings (SSSR count). The van der Waals surface area contributed by atoms with Crippen LogP contribution >= 0.6 is 0 Å². The molecule has 0 spiro atoms. The molecule has 180 valence electrons. The largest absolute Gasteiger partial charge is 0.497 e. The number of hydrogen-bond donors (Lipinski definition) is 2. The van der Waals surface area contributed by atoms with Gasteiger partial charge in [-0.1, -0.05) is 36.4 Å². The first-order chi connectivity index (χ1) is 16.5. The number of amides is 3. The highest BCUT2D eigenvalue weighted by atomic mass is 16.5. The summed E-state index contributed by atoms with van der Waals surface area (Å²) in [6.45, 7) is 5.11. The van der Waals surface area contributed by atoms with E-state index in [1.807, 2.05) is 35.2 Å². The molecule has 7 heteroatoms. The highest BCUT2D eigenvalue weighted by Gasteiger charge is 2.33. The first-order valence-electron chi connectivity index (χ1n) is 11.7. The molecule has 1 unspecified atom stereocenters. The first-order valence-corrected chi connectivity index (χ1v) is 11.7. The molecule has 1 aliphatic heterocycles. The number of aryl methyl sites for hydroxylation is 1. The SMILES string of the molecule is C=CCNC(=O)C(NC(=O)c1ccc(OC)cc1)C1CCN(C(=O)CCc2ccccc2)CC1. The van der Waals surface area contributed by atoms with Crippen LogP contribution in [0.1, 0.15) is 35.2 Å². The van der Waals surface area contributed by atoms with Gasteiger partial charge in [0.05, 0.1) is 7.11 Å². The van der Waals surface area contributed by atoms with Crippen LogP contribution in [0.2, 0.25) is 0 Å². The number of piperidine rings is 1. The second kappa shape index (κ2) is 12.6. The van der Waals surface area contributed by atoms with Crippen molar-refractivity contribution in [1.29, 1.82) is 0 Å². The Labute approximate surface area is 201 Å². The normalized spacial score (nSPS) is 14.7. The van der Waals surface area contributed by atoms with Crippen molar-refractivity contribution >= 4 is 17.7 Å². The number of hydrogen-bond acceptors (Lipinski definition) is 4. The third-order valence-electron chi connectivity index (χ3n) is 6.18. The maximum atomic E-state index is 12.9. The second-order valence-corrected chi connectivity index (χ2v) is 8.42. The molecule has 34 heavy (non-hydrogen) atoms. The molecule has 3 amide bonds. The molecule has 0 aliphatic carbocycles. The lowest BCUT2D eigenvalue weighted by Gasteiger charge is -2.36. The molecular formula is C27H33N3O4. The van der Waals surface area contributed by atoms with Crippen LogP contribution in [0.15, 0.2) is 67.3 Å². The summed E-state index contributed by atoms with van der Waals surface area (Å²) in [4.78, 5) is 40.3. The summed E-state index contributed by atoms with van der Waals surface area (Å²) in [7, 11) is 1.56. The molecule has 2 N–H and O–H groups in total. The Balaban J connectivity index is 1.59. The Bertz CT molecular complexity index is 967. The van der Waals surface area contributed by atoms with Gasteiger partial charge in [-0.25, -0.2) is 0 Å². The molecule has 1 aliphatic rings. The third kappa shape index (κ3) is 6.94. The van der Waals surface area contributed by atoms with E-state index in [0.29, 0.717) is 56.6 Å². The van der Waals surface area contributed by atoms with E-state index >= 15 is 0 Å². The Hall–Kier alpha value is -3.61. The first kappa shape index (κ1) is 25.0. The molecule has 0 radical (unpaired) electrons. The molecule has 1 fully saturated rings. The fraction of sp³-hybridized carbons (Fsp3) is 0.370. The summed E-state index contributed by atoms with van der Waals surface area (Å²) in [5, 5.41) is 5.72. The molecule has 0 aromatic heterocycles. The zero-order valence-corrected chi connectivity index (χ0v) is 19.7. The van der Waals surface area contributed by atoms with Crippen LogP contribution in [-0.4, -0.2) is 55.4 Å². The second-order valence-electron chi connectivity index (χ2n) is 8.42. The van der Waals surface area contributed by atoms with Crippen molar-refractivity contribution in [3.8, 4) is 5.75 Å². The number of likely N-dealkylation sites (tertiary alicyclic amines) is 1. The average Bonchev–Trinajstić information content (AvgIpc) is 2.89. The van der Waals surface area contributed by atoms with Crippen LogP contribution in [0.5, 0.6) is 5.75 Å². The van der Waals surface area contributed by atoms with Gasteiger partial charge in [0, 0.05) is 31.6 Å². The van der Waals surface area contributed by atoms with Crippen molar-refractivity contribution in [2.45, 2.75) is 31.7 Å². The highest BCUT2D eigenvalue weighted by molar-refractivity contribution is 5.97. The molecule has 1 saturated heterocycles. The zero-order chi connectivity index (χ0) is 24.3. The topological polar surface area (TPSA) is 87.7 Å². The summed E-state index contributed by atoms with van der Waals surface area (Å²) in [6, 6.07) is 16.0. The number of nitrogens with zero attached hydrogens (tertiary/aromatic N) is 1. The number of rotatable bonds is 10. The standard InChI is InChI=1S/C27H33N3O4/c1-3-17-28-27(33)25(29-26(32)22-10-12-23(34-2)13-11-22)21-15-18-30(19-16-21)24(31)14-9-20-7-5-4-6-8-20/h3-8,10-13,21,25H,1,9,14-19H2,2H3,(H,28,33)(H,29,32). The lowest BCUT2D eigenvalue weighted by atomic mass is 9.88. The molecule has 1 atom stereocenters. The number of carbonyl (C=O) groups excluding carboxylic acids is 3. The molecule has 2 aromatic carbocycles. The summed E-state index contributed by atoms with van der Waals surface area (Å²) in [6.07, 6.45) is 4.07. The Morgan fingerprint density at radius 2 is 1.76 bits per heavy atom. The minimum absolute atomic E-state index is 0.0646. The smallest absolute Gasteiger partial charge is 0.251 e. The van der Waals surface area contributed by atoms with Gasteiger partial charge in [-0.15, -0.1) is 6.58 Å². The predicted octanol–water partition coefficient (Wildman–Crippen LogP) is 2.97. The lowest BCUT2D eigenvalue weighted by Crippen LogP contribution is -2.53. The van der Waals surface area contributed by atoms with Crippen LogP contribution in [-0.2, 0) is 16.0 Å². The van der Waals surface area contributed by atoms with Crippen molar-refractivity contribution in [2.75, 3.05) is 26.7 Å². The lowest BCUT2D eigenvalue weighted by molar-refractivity contribution is -0.133. The van der Waals surface area contributed by atoms with Gasteiger partial charge in [-0.05, 0) is 55.0 Å². The minimum Gasteiger partial charge on any atom is -0.497 e. The van der Waals surface area contributed by atoms with Gasteiger partial charge in [-0.2, -0.15) is 0 Å². The zero-order valence-electron chi connectivity index (χ0n) is 19.7. The highest BCUT2D eigenvalue weighted by Crippen LogP contribution is 2.23. The Morgan fingerprint density at radius 3 is 2.38 bits per heavy atom. The number of benzene rings is 2. The molecule has 1 heterocycles. The van der Waals surface area contributed by atoms with E-state index in [0.717, 1.165) is 5.56 Å². The summed E-state index contributed by atoms with van der Waals surface area (Å²) < 4.78 is 5.14. The Morgan fingerprint density at radius 1 is 1.09 bits per heavy atom. The maximum absolute atomic E-state index is 12.9. The van der Waals surface area contributed by atoms with Crippen molar-refractivity contribution < 1.29 is 19.1 Å². The van der Waals surface area contributed by atoms with E-state index in [1.54, 1.807) is 37.5 Å². The van der Waals surface area contributed by atoms with E-state index in [2.05, 4.69) is 17.2 Å². The van der Waals surface area contributed by atoms with Crippen LogP contribution in [0.4, 0.5) is 0 Å². The number of nitrogens with one attached hydrogen (secondary N) is 2. The van der Waals surface area contributed by atoms with Crippen LogP contribution in [0, 0.1) is 5.92 Å². The van der Waals surface area contributed by atoms with Gasteiger partial charge in [0.2, 0.25) is 11.8 Å². The van der Waals surface area contributed by atoms with E-state index in [9.17, 15) is 14.4 Å². The summed E-state index contributed by atoms with van der Waals surface area (Å²) in [5.74, 6) is 0.155. The third-order valence-corrected chi connectivity index (χ3v) is 6.18. The number of carbonyl (C=O) groups is 3. The molecular weight excluding hydrogens is 430 g/mol. The fourth-order valence-corrected chi connectivity index (χ4v) is 4.18. The average molecular weight is 464 g/mol. The van der Waals surface area contributed by atoms with Gasteiger partial charge in [-0.3, -0.25) is 14.4 Å². The van der Waals surface area contributed by atoms with E-state index in [1.165, 1.54) is 0 Å². The van der Waals surface area contributed by atoms with Crippen LogP contribution in [0.3, 0.4) is 0 Å². The van der Waals surface area contributed by atoms with Gasteiger partial charge >= 0.3 is 0 Å². The van der Waals surface area contributed by atoms with E-state index in [4.69, 9.17) is 4.74 Å². The van der Waals surface area contributed by atoms with Crippen LogP contribution in [0.25, 0.3) is 0 Å². The van der Waals surface area contributed by atoms with Gasteiger partial charge in [0.15, 0.2) is 0 Å². The summed E-state index contributed by atoms with van der Waals surface area (Å²) >= 11 is 0. The monoisotopic (exact) mass is 463 g/mol. The van der Waals surface area contributed by atoms with Gasteiger partial charge in [0.1, 0.15) is 11.8 Å². The van der Waals surface area contributed by atoms with Crippen molar-refractivity contribution in [3.63, 3.8) is 0 Å². The molecule has 0 bridgehead atoms.